The molecule has 0 amide bonds. The van der Waals surface area contributed by atoms with E-state index in [1.165, 1.54) is 0 Å². The number of hydrogen-bond donors (Lipinski definition) is 0. The summed E-state index contributed by atoms with van der Waals surface area (Å²) in [5.74, 6) is 1.02. The van der Waals surface area contributed by atoms with E-state index in [9.17, 15) is 8.42 Å². The van der Waals surface area contributed by atoms with Crippen molar-refractivity contribution in [2.24, 2.45) is 10.3 Å². The molecule has 140 valence electrons. The molecule has 0 bridgehead atoms. The third kappa shape index (κ3) is 5.30. The van der Waals surface area contributed by atoms with E-state index in [4.69, 9.17) is 0 Å². The molecule has 4 nitrogen and oxygen atoms in total. The zero-order valence-electron chi connectivity index (χ0n) is 16.0. The molecule has 2 rings (SSSR count). The van der Waals surface area contributed by atoms with Gasteiger partial charge in [-0.1, -0.05) is 43.9 Å². The molecule has 25 heavy (non-hydrogen) atoms. The molecule has 1 unspecified atom stereocenters. The zero-order valence-corrected chi connectivity index (χ0v) is 16.8. The van der Waals surface area contributed by atoms with Gasteiger partial charge in [0.05, 0.1) is 4.90 Å². The van der Waals surface area contributed by atoms with Gasteiger partial charge in [0.25, 0.3) is 10.0 Å². The average Bonchev–Trinajstić information content (AvgIpc) is 2.75. The first kappa shape index (κ1) is 20.0. The van der Waals surface area contributed by atoms with Gasteiger partial charge in [-0.15, -0.1) is 4.40 Å². The fourth-order valence-corrected chi connectivity index (χ4v) is 4.50. The molecule has 1 aliphatic heterocycles. The Morgan fingerprint density at radius 1 is 1.20 bits per heavy atom. The molecule has 0 spiro atoms. The van der Waals surface area contributed by atoms with Gasteiger partial charge in [0.2, 0.25) is 0 Å². The highest BCUT2D eigenvalue weighted by molar-refractivity contribution is 7.90. The van der Waals surface area contributed by atoms with Crippen LogP contribution >= 0.6 is 0 Å². The summed E-state index contributed by atoms with van der Waals surface area (Å²) in [5.41, 5.74) is 1.05. The molecule has 1 saturated heterocycles. The average molecular weight is 365 g/mol. The van der Waals surface area contributed by atoms with Gasteiger partial charge in [-0.2, -0.15) is 8.42 Å². The van der Waals surface area contributed by atoms with E-state index in [0.29, 0.717) is 0 Å². The van der Waals surface area contributed by atoms with Crippen LogP contribution in [0.4, 0.5) is 0 Å². The smallest absolute Gasteiger partial charge is 0.283 e. The highest BCUT2D eigenvalue weighted by Gasteiger charge is 2.28. The first-order valence-electron chi connectivity index (χ1n) is 9.53. The molecule has 1 aromatic rings. The maximum atomic E-state index is 12.9. The lowest BCUT2D eigenvalue weighted by Crippen LogP contribution is -2.40. The van der Waals surface area contributed by atoms with Gasteiger partial charge in [-0.05, 0) is 52.2 Å². The summed E-state index contributed by atoms with van der Waals surface area (Å²) in [4.78, 5) is 2.49. The number of amidine groups is 1. The standard InChI is InChI=1S/C20H32N2O2S/c1-5-6-9-18-10-7-8-15-22(16(2)3)20(18)21-25(23,24)19-13-11-17(4)12-14-19/h11-14,16,18H,5-10,15H2,1-4H3/b21-20+. The van der Waals surface area contributed by atoms with Gasteiger partial charge in [0.1, 0.15) is 5.84 Å². The largest absolute Gasteiger partial charge is 0.357 e. The maximum Gasteiger partial charge on any atom is 0.283 e. The lowest BCUT2D eigenvalue weighted by molar-refractivity contribution is 0.340. The van der Waals surface area contributed by atoms with Crippen molar-refractivity contribution in [1.82, 2.24) is 4.90 Å². The van der Waals surface area contributed by atoms with Crippen molar-refractivity contribution in [3.8, 4) is 0 Å². The van der Waals surface area contributed by atoms with Crippen LogP contribution in [0, 0.1) is 12.8 Å². The van der Waals surface area contributed by atoms with Crippen molar-refractivity contribution in [3.63, 3.8) is 0 Å². The molecule has 1 aliphatic rings. The number of benzene rings is 1. The molecule has 0 aliphatic carbocycles. The predicted octanol–water partition coefficient (Wildman–Crippen LogP) is 4.78. The van der Waals surface area contributed by atoms with Crippen molar-refractivity contribution >= 4 is 15.9 Å². The summed E-state index contributed by atoms with van der Waals surface area (Å²) >= 11 is 0. The van der Waals surface area contributed by atoms with E-state index in [1.54, 1.807) is 12.1 Å². The van der Waals surface area contributed by atoms with E-state index < -0.39 is 10.0 Å². The van der Waals surface area contributed by atoms with Gasteiger partial charge in [0, 0.05) is 18.5 Å². The Morgan fingerprint density at radius 2 is 1.88 bits per heavy atom. The number of sulfonamides is 1. The van der Waals surface area contributed by atoms with Crippen molar-refractivity contribution in [1.29, 1.82) is 0 Å². The number of hydrogen-bond acceptors (Lipinski definition) is 2. The Bertz CT molecular complexity index is 678. The van der Waals surface area contributed by atoms with E-state index in [2.05, 4.69) is 30.1 Å². The molecule has 0 N–H and O–H groups in total. The number of likely N-dealkylation sites (tertiary alicyclic amines) is 1. The summed E-state index contributed by atoms with van der Waals surface area (Å²) in [5, 5.41) is 0. The Balaban J connectivity index is 2.44. The zero-order chi connectivity index (χ0) is 18.4. The summed E-state index contributed by atoms with van der Waals surface area (Å²) in [6, 6.07) is 7.23. The van der Waals surface area contributed by atoms with Crippen molar-refractivity contribution in [3.05, 3.63) is 29.8 Å². The molecule has 0 radical (unpaired) electrons. The minimum absolute atomic E-state index is 0.241. The van der Waals surface area contributed by atoms with Gasteiger partial charge >= 0.3 is 0 Å². The molecular formula is C20H32N2O2S. The minimum atomic E-state index is -3.67. The second-order valence-corrected chi connectivity index (χ2v) is 8.96. The van der Waals surface area contributed by atoms with Crippen LogP contribution in [0.15, 0.2) is 33.6 Å². The molecule has 1 heterocycles. The van der Waals surface area contributed by atoms with Crippen LogP contribution < -0.4 is 0 Å². The van der Waals surface area contributed by atoms with Crippen molar-refractivity contribution in [2.45, 2.75) is 77.2 Å². The molecule has 1 aromatic carbocycles. The maximum absolute atomic E-state index is 12.9. The Morgan fingerprint density at radius 3 is 2.48 bits per heavy atom. The second kappa shape index (κ2) is 8.84. The summed E-state index contributed by atoms with van der Waals surface area (Å²) in [6.07, 6.45) is 6.52. The fraction of sp³-hybridized carbons (Fsp3) is 0.650. The summed E-state index contributed by atoms with van der Waals surface area (Å²) in [7, 11) is -3.67. The molecular weight excluding hydrogens is 332 g/mol. The first-order chi connectivity index (χ1) is 11.8. The van der Waals surface area contributed by atoms with Crippen LogP contribution in [0.3, 0.4) is 0 Å². The van der Waals surface area contributed by atoms with Crippen LogP contribution in [0.5, 0.6) is 0 Å². The molecule has 5 heteroatoms. The summed E-state index contributed by atoms with van der Waals surface area (Å²) < 4.78 is 30.2. The van der Waals surface area contributed by atoms with Gasteiger partial charge in [-0.3, -0.25) is 0 Å². The molecule has 1 fully saturated rings. The second-order valence-electron chi connectivity index (χ2n) is 7.36. The topological polar surface area (TPSA) is 49.7 Å². The molecule has 0 saturated carbocycles. The van der Waals surface area contributed by atoms with E-state index >= 15 is 0 Å². The number of rotatable bonds is 6. The molecule has 0 aromatic heterocycles. The van der Waals surface area contributed by atoms with Crippen LogP contribution in [0.1, 0.15) is 64.9 Å². The monoisotopic (exact) mass is 364 g/mol. The van der Waals surface area contributed by atoms with Crippen LogP contribution in [-0.4, -0.2) is 31.7 Å². The Hall–Kier alpha value is -1.36. The third-order valence-corrected chi connectivity index (χ3v) is 6.22. The normalized spacial score (nSPS) is 20.9. The van der Waals surface area contributed by atoms with Gasteiger partial charge in [0.15, 0.2) is 0 Å². The van der Waals surface area contributed by atoms with Crippen molar-refractivity contribution in [2.75, 3.05) is 6.54 Å². The van der Waals surface area contributed by atoms with Crippen LogP contribution in [0.2, 0.25) is 0 Å². The van der Waals surface area contributed by atoms with Gasteiger partial charge in [-0.25, -0.2) is 0 Å². The van der Waals surface area contributed by atoms with E-state index in [0.717, 1.165) is 56.5 Å². The number of aryl methyl sites for hydroxylation is 1. The summed E-state index contributed by atoms with van der Waals surface area (Å²) in [6.45, 7) is 9.26. The fourth-order valence-electron chi connectivity index (χ4n) is 3.41. The van der Waals surface area contributed by atoms with Crippen LogP contribution in [-0.2, 0) is 10.0 Å². The molecule has 1 atom stereocenters. The first-order valence-corrected chi connectivity index (χ1v) is 11.0. The predicted molar refractivity (Wildman–Crippen MR) is 105 cm³/mol. The van der Waals surface area contributed by atoms with Gasteiger partial charge < -0.3 is 4.90 Å². The third-order valence-electron chi connectivity index (χ3n) is 4.92. The van der Waals surface area contributed by atoms with E-state index in [1.807, 2.05) is 19.1 Å². The quantitative estimate of drug-likeness (QED) is 0.729. The Kier molecular flexibility index (Phi) is 7.05. The highest BCUT2D eigenvalue weighted by Crippen LogP contribution is 2.27. The van der Waals surface area contributed by atoms with E-state index in [-0.39, 0.29) is 16.9 Å². The minimum Gasteiger partial charge on any atom is -0.357 e. The lowest BCUT2D eigenvalue weighted by Gasteiger charge is -2.31. The number of unbranched alkanes of at least 4 members (excludes halogenated alkanes) is 1. The Labute approximate surface area is 153 Å². The SMILES string of the molecule is CCCCC1CCCCN(C(C)C)/C1=N/S(=O)(=O)c1ccc(C)cc1. The highest BCUT2D eigenvalue weighted by atomic mass is 32.2. The lowest BCUT2D eigenvalue weighted by atomic mass is 9.95. The number of nitrogens with zero attached hydrogens (tertiary/aromatic N) is 2. The van der Waals surface area contributed by atoms with Crippen molar-refractivity contribution < 1.29 is 8.42 Å². The van der Waals surface area contributed by atoms with Crippen LogP contribution in [0.25, 0.3) is 0 Å².